The van der Waals surface area contributed by atoms with Crippen molar-refractivity contribution in [1.82, 2.24) is 0 Å². The van der Waals surface area contributed by atoms with Crippen molar-refractivity contribution in [3.05, 3.63) is 75.8 Å². The van der Waals surface area contributed by atoms with E-state index in [-0.39, 0.29) is 10.6 Å². The van der Waals surface area contributed by atoms with Crippen LogP contribution in [0.3, 0.4) is 0 Å². The SMILES string of the molecule is CC(Cc1ccccc1)c1ccc([N+](=O)[O-])cc1. The average molecular weight is 241 g/mol. The highest BCUT2D eigenvalue weighted by Crippen LogP contribution is 2.22. The Morgan fingerprint density at radius 3 is 2.22 bits per heavy atom. The van der Waals surface area contributed by atoms with E-state index in [9.17, 15) is 10.1 Å². The fraction of sp³-hybridized carbons (Fsp3) is 0.200. The summed E-state index contributed by atoms with van der Waals surface area (Å²) in [5.41, 5.74) is 2.55. The first-order valence-corrected chi connectivity index (χ1v) is 5.95. The summed E-state index contributed by atoms with van der Waals surface area (Å²) in [7, 11) is 0. The van der Waals surface area contributed by atoms with Crippen LogP contribution in [0.2, 0.25) is 0 Å². The van der Waals surface area contributed by atoms with Crippen LogP contribution in [0.15, 0.2) is 54.6 Å². The fourth-order valence-electron chi connectivity index (χ4n) is 2.01. The zero-order chi connectivity index (χ0) is 13.0. The van der Waals surface area contributed by atoms with Gasteiger partial charge >= 0.3 is 0 Å². The lowest BCUT2D eigenvalue weighted by Gasteiger charge is -2.11. The zero-order valence-electron chi connectivity index (χ0n) is 10.2. The predicted molar refractivity (Wildman–Crippen MR) is 71.7 cm³/mol. The van der Waals surface area contributed by atoms with Gasteiger partial charge in [-0.15, -0.1) is 0 Å². The lowest BCUT2D eigenvalue weighted by molar-refractivity contribution is -0.384. The van der Waals surface area contributed by atoms with Crippen molar-refractivity contribution >= 4 is 5.69 Å². The third-order valence-electron chi connectivity index (χ3n) is 3.06. The van der Waals surface area contributed by atoms with Crippen molar-refractivity contribution in [2.24, 2.45) is 0 Å². The van der Waals surface area contributed by atoms with Gasteiger partial charge in [-0.1, -0.05) is 49.4 Å². The molecule has 18 heavy (non-hydrogen) atoms. The minimum absolute atomic E-state index is 0.144. The van der Waals surface area contributed by atoms with E-state index in [1.165, 1.54) is 5.56 Å². The summed E-state index contributed by atoms with van der Waals surface area (Å²) in [5.74, 6) is 0.355. The van der Waals surface area contributed by atoms with E-state index in [0.717, 1.165) is 12.0 Å². The summed E-state index contributed by atoms with van der Waals surface area (Å²) in [5, 5.41) is 10.6. The van der Waals surface area contributed by atoms with Gasteiger partial charge in [0.2, 0.25) is 0 Å². The van der Waals surface area contributed by atoms with E-state index in [1.54, 1.807) is 12.1 Å². The Labute approximate surface area is 106 Å². The summed E-state index contributed by atoms with van der Waals surface area (Å²) in [6.07, 6.45) is 0.943. The second kappa shape index (κ2) is 5.45. The van der Waals surface area contributed by atoms with Crippen molar-refractivity contribution in [3.63, 3.8) is 0 Å². The van der Waals surface area contributed by atoms with Crippen LogP contribution in [-0.4, -0.2) is 4.92 Å². The molecule has 2 aromatic carbocycles. The zero-order valence-corrected chi connectivity index (χ0v) is 10.2. The number of nitro groups is 1. The highest BCUT2D eigenvalue weighted by Gasteiger charge is 2.09. The summed E-state index contributed by atoms with van der Waals surface area (Å²) < 4.78 is 0. The van der Waals surface area contributed by atoms with Crippen LogP contribution in [0.1, 0.15) is 24.0 Å². The largest absolute Gasteiger partial charge is 0.269 e. The molecule has 2 rings (SSSR count). The molecule has 0 N–H and O–H groups in total. The van der Waals surface area contributed by atoms with Gasteiger partial charge in [-0.25, -0.2) is 0 Å². The standard InChI is InChI=1S/C15H15NO2/c1-12(11-13-5-3-2-4-6-13)14-7-9-15(10-8-14)16(17)18/h2-10,12H,11H2,1H3. The van der Waals surface area contributed by atoms with E-state index >= 15 is 0 Å². The Balaban J connectivity index is 2.09. The molecular formula is C15H15NO2. The molecule has 0 fully saturated rings. The van der Waals surface area contributed by atoms with Gasteiger partial charge in [-0.05, 0) is 23.5 Å². The van der Waals surface area contributed by atoms with Gasteiger partial charge < -0.3 is 0 Å². The van der Waals surface area contributed by atoms with Crippen LogP contribution in [0.5, 0.6) is 0 Å². The molecule has 0 aliphatic heterocycles. The first-order valence-electron chi connectivity index (χ1n) is 5.95. The quantitative estimate of drug-likeness (QED) is 0.601. The van der Waals surface area contributed by atoms with Gasteiger partial charge in [0.25, 0.3) is 5.69 Å². The number of benzene rings is 2. The van der Waals surface area contributed by atoms with Crippen LogP contribution in [-0.2, 0) is 6.42 Å². The maximum Gasteiger partial charge on any atom is 0.269 e. The fourth-order valence-corrected chi connectivity index (χ4v) is 2.01. The molecule has 0 aliphatic carbocycles. The lowest BCUT2D eigenvalue weighted by atomic mass is 9.94. The van der Waals surface area contributed by atoms with Crippen molar-refractivity contribution < 1.29 is 4.92 Å². The Bertz CT molecular complexity index is 520. The summed E-state index contributed by atoms with van der Waals surface area (Å²) in [6, 6.07) is 17.1. The first-order chi connectivity index (χ1) is 8.66. The van der Waals surface area contributed by atoms with Gasteiger partial charge in [0.05, 0.1) is 4.92 Å². The van der Waals surface area contributed by atoms with Crippen molar-refractivity contribution in [2.45, 2.75) is 19.3 Å². The number of hydrogen-bond donors (Lipinski definition) is 0. The van der Waals surface area contributed by atoms with Crippen molar-refractivity contribution in [3.8, 4) is 0 Å². The minimum atomic E-state index is -0.369. The van der Waals surface area contributed by atoms with Gasteiger partial charge in [-0.3, -0.25) is 10.1 Å². The monoisotopic (exact) mass is 241 g/mol. The molecule has 3 nitrogen and oxygen atoms in total. The van der Waals surface area contributed by atoms with Crippen LogP contribution in [0, 0.1) is 10.1 Å². The Kier molecular flexibility index (Phi) is 3.72. The molecule has 92 valence electrons. The first kappa shape index (κ1) is 12.3. The molecule has 0 radical (unpaired) electrons. The highest BCUT2D eigenvalue weighted by atomic mass is 16.6. The van der Waals surface area contributed by atoms with Crippen molar-refractivity contribution in [1.29, 1.82) is 0 Å². The molecule has 0 aliphatic rings. The topological polar surface area (TPSA) is 43.1 Å². The molecule has 1 atom stereocenters. The van der Waals surface area contributed by atoms with Crippen LogP contribution >= 0.6 is 0 Å². The maximum absolute atomic E-state index is 10.6. The van der Waals surface area contributed by atoms with E-state index in [1.807, 2.05) is 30.3 Å². The van der Waals surface area contributed by atoms with E-state index < -0.39 is 0 Å². The van der Waals surface area contributed by atoms with E-state index in [0.29, 0.717) is 5.92 Å². The maximum atomic E-state index is 10.6. The van der Waals surface area contributed by atoms with E-state index in [2.05, 4.69) is 19.1 Å². The third-order valence-corrected chi connectivity index (χ3v) is 3.06. The minimum Gasteiger partial charge on any atom is -0.258 e. The average Bonchev–Trinajstić information content (AvgIpc) is 2.40. The van der Waals surface area contributed by atoms with Gasteiger partial charge in [0.15, 0.2) is 0 Å². The molecule has 2 aromatic rings. The van der Waals surface area contributed by atoms with Gasteiger partial charge in [0.1, 0.15) is 0 Å². The molecule has 0 saturated carbocycles. The lowest BCUT2D eigenvalue weighted by Crippen LogP contribution is -1.98. The summed E-state index contributed by atoms with van der Waals surface area (Å²) >= 11 is 0. The molecular weight excluding hydrogens is 226 g/mol. The number of hydrogen-bond acceptors (Lipinski definition) is 2. The number of rotatable bonds is 4. The van der Waals surface area contributed by atoms with Crippen LogP contribution < -0.4 is 0 Å². The summed E-state index contributed by atoms with van der Waals surface area (Å²) in [6.45, 7) is 2.13. The number of nitrogens with zero attached hydrogens (tertiary/aromatic N) is 1. The Morgan fingerprint density at radius 2 is 1.67 bits per heavy atom. The molecule has 0 saturated heterocycles. The smallest absolute Gasteiger partial charge is 0.258 e. The molecule has 1 unspecified atom stereocenters. The molecule has 0 amide bonds. The molecule has 3 heteroatoms. The van der Waals surface area contributed by atoms with Crippen LogP contribution in [0.4, 0.5) is 5.69 Å². The van der Waals surface area contributed by atoms with Gasteiger partial charge in [-0.2, -0.15) is 0 Å². The highest BCUT2D eigenvalue weighted by molar-refractivity contribution is 5.34. The van der Waals surface area contributed by atoms with E-state index in [4.69, 9.17) is 0 Å². The number of nitro benzene ring substituents is 1. The molecule has 0 aromatic heterocycles. The second-order valence-electron chi connectivity index (χ2n) is 4.44. The summed E-state index contributed by atoms with van der Waals surface area (Å²) in [4.78, 5) is 10.2. The molecule has 0 bridgehead atoms. The third kappa shape index (κ3) is 2.94. The van der Waals surface area contributed by atoms with Gasteiger partial charge in [0, 0.05) is 12.1 Å². The second-order valence-corrected chi connectivity index (χ2v) is 4.44. The van der Waals surface area contributed by atoms with Crippen LogP contribution in [0.25, 0.3) is 0 Å². The predicted octanol–water partition coefficient (Wildman–Crippen LogP) is 3.94. The normalized spacial score (nSPS) is 12.1. The Morgan fingerprint density at radius 1 is 1.06 bits per heavy atom. The Hall–Kier alpha value is -2.16. The number of non-ortho nitro benzene ring substituents is 1. The van der Waals surface area contributed by atoms with Crippen molar-refractivity contribution in [2.75, 3.05) is 0 Å². The molecule has 0 heterocycles. The molecule has 0 spiro atoms.